The first-order chi connectivity index (χ1) is 18.6. The zero-order valence-corrected chi connectivity index (χ0v) is 23.4. The number of amides is 5. The number of imide groups is 1. The highest BCUT2D eigenvalue weighted by molar-refractivity contribution is 7.81. The molecule has 0 radical (unpaired) electrons. The maximum atomic E-state index is 13.2. The molecule has 3 atom stereocenters. The molecule has 0 aliphatic carbocycles. The third-order valence-corrected chi connectivity index (χ3v) is 7.03. The number of nitrogens with one attached hydrogen (secondary N) is 3. The second kappa shape index (κ2) is 13.9. The summed E-state index contributed by atoms with van der Waals surface area (Å²) >= 11 is 4.42. The molecule has 9 nitrogen and oxygen atoms in total. The summed E-state index contributed by atoms with van der Waals surface area (Å²) in [5.41, 5.74) is 1.66. The minimum Gasteiger partial charge on any atom is -0.357 e. The van der Waals surface area contributed by atoms with Gasteiger partial charge < -0.3 is 16.0 Å². The van der Waals surface area contributed by atoms with E-state index in [1.807, 2.05) is 44.2 Å². The smallest absolute Gasteiger partial charge is 0.261 e. The van der Waals surface area contributed by atoms with E-state index in [9.17, 15) is 24.0 Å². The zero-order chi connectivity index (χ0) is 28.5. The van der Waals surface area contributed by atoms with Gasteiger partial charge in [-0.2, -0.15) is 12.6 Å². The third-order valence-electron chi connectivity index (χ3n) is 6.54. The first kappa shape index (κ1) is 29.9. The number of thiol groups is 1. The van der Waals surface area contributed by atoms with Crippen molar-refractivity contribution in [3.63, 3.8) is 0 Å². The Morgan fingerprint density at radius 2 is 1.38 bits per heavy atom. The summed E-state index contributed by atoms with van der Waals surface area (Å²) in [6.45, 7) is 4.04. The number of carbonyl (C=O) groups excluding carboxylic acids is 5. The van der Waals surface area contributed by atoms with Gasteiger partial charge in [-0.25, -0.2) is 0 Å². The molecule has 0 saturated carbocycles. The highest BCUT2D eigenvalue weighted by Gasteiger charge is 2.35. The Bertz CT molecular complexity index is 1170. The Hall–Kier alpha value is -3.66. The average molecular weight is 553 g/mol. The van der Waals surface area contributed by atoms with E-state index in [2.05, 4.69) is 28.6 Å². The lowest BCUT2D eigenvalue weighted by molar-refractivity contribution is -0.132. The molecule has 0 fully saturated rings. The van der Waals surface area contributed by atoms with Crippen LogP contribution in [0.25, 0.3) is 0 Å². The molecule has 10 heteroatoms. The Labute approximate surface area is 234 Å². The first-order valence-electron chi connectivity index (χ1n) is 13.1. The van der Waals surface area contributed by atoms with Gasteiger partial charge in [-0.3, -0.25) is 28.9 Å². The van der Waals surface area contributed by atoms with Gasteiger partial charge in [0.15, 0.2) is 0 Å². The van der Waals surface area contributed by atoms with E-state index in [1.165, 1.54) is 11.9 Å². The molecule has 2 aromatic rings. The van der Waals surface area contributed by atoms with Crippen LogP contribution in [0.3, 0.4) is 0 Å². The van der Waals surface area contributed by atoms with Crippen LogP contribution >= 0.6 is 12.6 Å². The fraction of sp³-hybridized carbons (Fsp3) is 0.414. The highest BCUT2D eigenvalue weighted by Crippen LogP contribution is 2.23. The first-order valence-corrected chi connectivity index (χ1v) is 13.6. The van der Waals surface area contributed by atoms with Crippen molar-refractivity contribution >= 4 is 42.2 Å². The van der Waals surface area contributed by atoms with Gasteiger partial charge in [0, 0.05) is 20.0 Å². The molecular weight excluding hydrogens is 516 g/mol. The van der Waals surface area contributed by atoms with Gasteiger partial charge in [0.2, 0.25) is 17.7 Å². The summed E-state index contributed by atoms with van der Waals surface area (Å²) in [7, 11) is 1.51. The lowest BCUT2D eigenvalue weighted by atomic mass is 10.0. The van der Waals surface area contributed by atoms with Crippen molar-refractivity contribution in [2.45, 2.75) is 56.9 Å². The number of hydrogen-bond donors (Lipinski definition) is 4. The number of nitrogens with zero attached hydrogens (tertiary/aromatic N) is 1. The molecule has 208 valence electrons. The molecule has 0 unspecified atom stereocenters. The SMILES string of the molecule is CNC(=O)[C@H](Cc1ccccc1)NC(=O)[C@H](CC(C)C)NC(=O)[C@@H](S)CCCN1C(=O)c2ccccc2C1=O. The number of carbonyl (C=O) groups is 5. The fourth-order valence-electron chi connectivity index (χ4n) is 4.49. The minimum absolute atomic E-state index is 0.0980. The van der Waals surface area contributed by atoms with Crippen LogP contribution in [-0.4, -0.2) is 65.4 Å². The summed E-state index contributed by atoms with van der Waals surface area (Å²) in [5, 5.41) is 7.40. The van der Waals surface area contributed by atoms with Crippen molar-refractivity contribution in [3.05, 3.63) is 71.3 Å². The quantitative estimate of drug-likeness (QED) is 0.224. The van der Waals surface area contributed by atoms with Crippen molar-refractivity contribution in [2.24, 2.45) is 5.92 Å². The van der Waals surface area contributed by atoms with Crippen LogP contribution in [0.4, 0.5) is 0 Å². The summed E-state index contributed by atoms with van der Waals surface area (Å²) in [4.78, 5) is 64.9. The lowest BCUT2D eigenvalue weighted by Crippen LogP contribution is -2.55. The molecule has 39 heavy (non-hydrogen) atoms. The van der Waals surface area contributed by atoms with Gasteiger partial charge in [0.05, 0.1) is 16.4 Å². The number of benzene rings is 2. The van der Waals surface area contributed by atoms with Gasteiger partial charge in [0.25, 0.3) is 11.8 Å². The van der Waals surface area contributed by atoms with Gasteiger partial charge in [-0.1, -0.05) is 56.3 Å². The molecule has 1 aliphatic rings. The van der Waals surface area contributed by atoms with Crippen LogP contribution in [0.15, 0.2) is 54.6 Å². The number of rotatable bonds is 13. The van der Waals surface area contributed by atoms with E-state index in [0.717, 1.165) is 5.56 Å². The van der Waals surface area contributed by atoms with Crippen molar-refractivity contribution < 1.29 is 24.0 Å². The molecule has 3 N–H and O–H groups in total. The van der Waals surface area contributed by atoms with Crippen molar-refractivity contribution in [1.82, 2.24) is 20.9 Å². The van der Waals surface area contributed by atoms with Crippen molar-refractivity contribution in [1.29, 1.82) is 0 Å². The highest BCUT2D eigenvalue weighted by atomic mass is 32.1. The van der Waals surface area contributed by atoms with Crippen LogP contribution < -0.4 is 16.0 Å². The standard InChI is InChI=1S/C29H36N4O5S/c1-18(2)16-22(26(35)31-23(25(34)30-3)17-19-10-5-4-6-11-19)32-27(36)24(39)14-9-15-33-28(37)20-12-7-8-13-21(20)29(33)38/h4-8,10-13,18,22-24,39H,9,14-17H2,1-3H3,(H,30,34)(H,31,35)(H,32,36)/t22-,23-,24-/m0/s1. The Morgan fingerprint density at radius 3 is 1.95 bits per heavy atom. The fourth-order valence-corrected chi connectivity index (χ4v) is 4.75. The Morgan fingerprint density at radius 1 is 0.821 bits per heavy atom. The van der Waals surface area contributed by atoms with Gasteiger partial charge in [-0.15, -0.1) is 0 Å². The van der Waals surface area contributed by atoms with Gasteiger partial charge in [0.1, 0.15) is 12.1 Å². The molecular formula is C29H36N4O5S. The van der Waals surface area contributed by atoms with Crippen molar-refractivity contribution in [2.75, 3.05) is 13.6 Å². The molecule has 5 amide bonds. The largest absolute Gasteiger partial charge is 0.357 e. The number of hydrogen-bond acceptors (Lipinski definition) is 6. The monoisotopic (exact) mass is 552 g/mol. The van der Waals surface area contributed by atoms with E-state index < -0.39 is 29.1 Å². The molecule has 0 spiro atoms. The summed E-state index contributed by atoms with van der Waals surface area (Å²) in [6.07, 6.45) is 1.36. The normalized spacial score (nSPS) is 14.9. The zero-order valence-electron chi connectivity index (χ0n) is 22.5. The number of likely N-dealkylation sites (N-methyl/N-ethyl adjacent to an activating group) is 1. The van der Waals surface area contributed by atoms with Crippen LogP contribution in [0.5, 0.6) is 0 Å². The Kier molecular flexibility index (Phi) is 10.7. The van der Waals surface area contributed by atoms with Crippen LogP contribution in [0.1, 0.15) is 59.4 Å². The Balaban J connectivity index is 1.57. The molecule has 0 bridgehead atoms. The summed E-state index contributed by atoms with van der Waals surface area (Å²) in [6, 6.07) is 14.4. The molecule has 1 aliphatic heterocycles. The van der Waals surface area contributed by atoms with E-state index in [1.54, 1.807) is 24.3 Å². The van der Waals surface area contributed by atoms with E-state index in [0.29, 0.717) is 36.8 Å². The van der Waals surface area contributed by atoms with E-state index >= 15 is 0 Å². The second-order valence-corrected chi connectivity index (χ2v) is 10.6. The van der Waals surface area contributed by atoms with Crippen LogP contribution in [0, 0.1) is 5.92 Å². The molecule has 1 heterocycles. The maximum Gasteiger partial charge on any atom is 0.261 e. The predicted octanol–water partition coefficient (Wildman–Crippen LogP) is 2.37. The van der Waals surface area contributed by atoms with Crippen molar-refractivity contribution in [3.8, 4) is 0 Å². The van der Waals surface area contributed by atoms with Crippen LogP contribution in [0.2, 0.25) is 0 Å². The second-order valence-electron chi connectivity index (χ2n) is 10.0. The summed E-state index contributed by atoms with van der Waals surface area (Å²) < 4.78 is 0. The number of fused-ring (bicyclic) bond motifs is 1. The topological polar surface area (TPSA) is 125 Å². The average Bonchev–Trinajstić information content (AvgIpc) is 3.16. The van der Waals surface area contributed by atoms with E-state index in [-0.39, 0.29) is 30.2 Å². The van der Waals surface area contributed by atoms with Crippen LogP contribution in [-0.2, 0) is 20.8 Å². The lowest BCUT2D eigenvalue weighted by Gasteiger charge is -2.25. The van der Waals surface area contributed by atoms with Gasteiger partial charge >= 0.3 is 0 Å². The maximum absolute atomic E-state index is 13.2. The predicted molar refractivity (Wildman–Crippen MR) is 151 cm³/mol. The van der Waals surface area contributed by atoms with E-state index in [4.69, 9.17) is 0 Å². The minimum atomic E-state index is -0.855. The molecule has 2 aromatic carbocycles. The third kappa shape index (κ3) is 7.92. The molecule has 0 aromatic heterocycles. The molecule has 0 saturated heterocycles. The molecule has 3 rings (SSSR count). The summed E-state index contributed by atoms with van der Waals surface area (Å²) in [5.74, 6) is -1.80. The van der Waals surface area contributed by atoms with Gasteiger partial charge in [-0.05, 0) is 42.9 Å².